The van der Waals surface area contributed by atoms with Gasteiger partial charge >= 0.3 is 0 Å². The van der Waals surface area contributed by atoms with Gasteiger partial charge in [0.2, 0.25) is 0 Å². The molecule has 0 spiro atoms. The lowest BCUT2D eigenvalue weighted by Gasteiger charge is -2.16. The second-order valence-electron chi connectivity index (χ2n) is 5.75. The van der Waals surface area contributed by atoms with Crippen LogP contribution in [-0.2, 0) is 21.4 Å². The Kier molecular flexibility index (Phi) is 5.63. The van der Waals surface area contributed by atoms with Crippen LogP contribution in [0.4, 0.5) is 0 Å². The maximum Gasteiger partial charge on any atom is 0.134 e. The summed E-state index contributed by atoms with van der Waals surface area (Å²) in [5.74, 6) is 4.63. The normalized spacial score (nSPS) is 16.0. The molecule has 2 aromatic rings. The molecule has 0 radical (unpaired) electrons. The third-order valence-corrected chi connectivity index (χ3v) is 6.33. The van der Waals surface area contributed by atoms with Crippen LogP contribution in [0.15, 0.2) is 36.4 Å². The van der Waals surface area contributed by atoms with E-state index >= 15 is 0 Å². The van der Waals surface area contributed by atoms with Gasteiger partial charge in [-0.05, 0) is 28.8 Å². The summed E-state index contributed by atoms with van der Waals surface area (Å²) >= 11 is 0. The summed E-state index contributed by atoms with van der Waals surface area (Å²) < 4.78 is 11.5. The first-order valence-electron chi connectivity index (χ1n) is 8.23. The largest absolute Gasteiger partial charge is 0.493 e. The van der Waals surface area contributed by atoms with Crippen LogP contribution < -0.4 is 4.74 Å². The molecule has 3 rings (SSSR count). The molecule has 2 aromatic carbocycles. The van der Waals surface area contributed by atoms with E-state index in [1.165, 1.54) is 40.0 Å². The van der Waals surface area contributed by atoms with Crippen LogP contribution in [0.2, 0.25) is 0 Å². The van der Waals surface area contributed by atoms with E-state index in [0.717, 1.165) is 32.0 Å². The lowest BCUT2D eigenvalue weighted by molar-refractivity contribution is 0.159. The van der Waals surface area contributed by atoms with Gasteiger partial charge in [-0.25, -0.2) is 0 Å². The first kappa shape index (κ1) is 15.7. The van der Waals surface area contributed by atoms with Crippen molar-refractivity contribution in [2.45, 2.75) is 25.5 Å². The molecule has 1 fully saturated rings. The van der Waals surface area contributed by atoms with Crippen LogP contribution in [0.1, 0.15) is 25.3 Å². The van der Waals surface area contributed by atoms with Crippen LogP contribution in [0, 0.1) is 0 Å². The van der Waals surface area contributed by atoms with Crippen molar-refractivity contribution in [1.29, 1.82) is 0 Å². The third kappa shape index (κ3) is 3.76. The molecule has 1 aliphatic rings. The van der Waals surface area contributed by atoms with Gasteiger partial charge in [-0.1, -0.05) is 43.7 Å². The highest BCUT2D eigenvalue weighted by molar-refractivity contribution is 7.96. The number of hydrogen-bond donors (Lipinski definition) is 0. The standard InChI is InChI=1S/C19H25O2S/c1-2-3-10-21-19-9-8-16(15-22-13-11-20-12-14-22)17-6-4-5-7-18(17)19/h4-9H,2-3,10-15H2,1H3/q+1. The number of hydrogen-bond acceptors (Lipinski definition) is 2. The van der Waals surface area contributed by atoms with Crippen molar-refractivity contribution >= 4 is 21.7 Å². The minimum atomic E-state index is 0.469. The molecule has 0 aliphatic carbocycles. The maximum atomic E-state index is 5.99. The maximum absolute atomic E-state index is 5.99. The average molecular weight is 317 g/mol. The summed E-state index contributed by atoms with van der Waals surface area (Å²) in [6.07, 6.45) is 2.28. The van der Waals surface area contributed by atoms with Crippen molar-refractivity contribution in [2.24, 2.45) is 0 Å². The number of unbranched alkanes of at least 4 members (excludes halogenated alkanes) is 1. The summed E-state index contributed by atoms with van der Waals surface area (Å²) in [6, 6.07) is 13.1. The Hall–Kier alpha value is -1.19. The number of rotatable bonds is 6. The van der Waals surface area contributed by atoms with Crippen LogP contribution in [0.5, 0.6) is 5.75 Å². The topological polar surface area (TPSA) is 18.5 Å². The SMILES string of the molecule is CCCCOc1ccc(C[S+]2CCOCC2)c2ccccc12. The van der Waals surface area contributed by atoms with Crippen molar-refractivity contribution in [1.82, 2.24) is 0 Å². The summed E-state index contributed by atoms with van der Waals surface area (Å²) in [7, 11) is 0.469. The molecule has 0 amide bonds. The lowest BCUT2D eigenvalue weighted by Crippen LogP contribution is -2.27. The summed E-state index contributed by atoms with van der Waals surface area (Å²) in [5, 5.41) is 2.61. The second kappa shape index (κ2) is 7.89. The van der Waals surface area contributed by atoms with E-state index in [2.05, 4.69) is 43.3 Å². The molecule has 1 aliphatic heterocycles. The Morgan fingerprint density at radius 2 is 1.82 bits per heavy atom. The molecule has 3 heteroatoms. The Balaban J connectivity index is 1.83. The molecule has 1 saturated heterocycles. The monoisotopic (exact) mass is 317 g/mol. The van der Waals surface area contributed by atoms with E-state index in [0.29, 0.717) is 10.9 Å². The lowest BCUT2D eigenvalue weighted by atomic mass is 10.0. The molecule has 22 heavy (non-hydrogen) atoms. The second-order valence-corrected chi connectivity index (χ2v) is 8.08. The zero-order chi connectivity index (χ0) is 15.2. The molecular weight excluding hydrogens is 292 g/mol. The van der Waals surface area contributed by atoms with Crippen LogP contribution in [0.3, 0.4) is 0 Å². The third-order valence-electron chi connectivity index (χ3n) is 4.12. The first-order valence-corrected chi connectivity index (χ1v) is 9.97. The molecule has 1 heterocycles. The van der Waals surface area contributed by atoms with E-state index in [-0.39, 0.29) is 0 Å². The fraction of sp³-hybridized carbons (Fsp3) is 0.474. The molecule has 0 aromatic heterocycles. The van der Waals surface area contributed by atoms with Gasteiger partial charge in [-0.3, -0.25) is 0 Å². The van der Waals surface area contributed by atoms with Gasteiger partial charge in [0.25, 0.3) is 0 Å². The fourth-order valence-corrected chi connectivity index (χ4v) is 4.73. The van der Waals surface area contributed by atoms with E-state index in [1.807, 2.05) is 0 Å². The van der Waals surface area contributed by atoms with Crippen molar-refractivity contribution in [2.75, 3.05) is 31.3 Å². The Bertz CT molecular complexity index is 605. The summed E-state index contributed by atoms with van der Waals surface area (Å²) in [5.41, 5.74) is 1.46. The number of ether oxygens (including phenoxy) is 2. The molecule has 0 saturated carbocycles. The van der Waals surface area contributed by atoms with Crippen LogP contribution in [0.25, 0.3) is 10.8 Å². The van der Waals surface area contributed by atoms with E-state index in [9.17, 15) is 0 Å². The molecule has 118 valence electrons. The highest BCUT2D eigenvalue weighted by Gasteiger charge is 2.23. The minimum Gasteiger partial charge on any atom is -0.493 e. The number of benzene rings is 2. The van der Waals surface area contributed by atoms with Crippen molar-refractivity contribution < 1.29 is 9.47 Å². The van der Waals surface area contributed by atoms with E-state index in [1.54, 1.807) is 0 Å². The van der Waals surface area contributed by atoms with Crippen LogP contribution in [-0.4, -0.2) is 31.3 Å². The molecule has 0 bridgehead atoms. The molecule has 0 atom stereocenters. The van der Waals surface area contributed by atoms with Gasteiger partial charge in [0.05, 0.1) is 19.8 Å². The highest BCUT2D eigenvalue weighted by atomic mass is 32.2. The quantitative estimate of drug-likeness (QED) is 0.588. The van der Waals surface area contributed by atoms with Gasteiger partial charge in [0.1, 0.15) is 23.0 Å². The van der Waals surface area contributed by atoms with Gasteiger partial charge < -0.3 is 9.47 Å². The average Bonchev–Trinajstić information content (AvgIpc) is 2.58. The zero-order valence-corrected chi connectivity index (χ0v) is 14.2. The van der Waals surface area contributed by atoms with Gasteiger partial charge in [-0.2, -0.15) is 0 Å². The minimum absolute atomic E-state index is 0.469. The number of fused-ring (bicyclic) bond motifs is 1. The predicted molar refractivity (Wildman–Crippen MR) is 96.0 cm³/mol. The smallest absolute Gasteiger partial charge is 0.134 e. The van der Waals surface area contributed by atoms with Gasteiger partial charge in [-0.15, -0.1) is 0 Å². The van der Waals surface area contributed by atoms with Gasteiger partial charge in [0, 0.05) is 10.9 Å². The highest BCUT2D eigenvalue weighted by Crippen LogP contribution is 2.30. The Morgan fingerprint density at radius 3 is 2.59 bits per heavy atom. The fourth-order valence-electron chi connectivity index (χ4n) is 2.83. The molecular formula is C19H25O2S+. The predicted octanol–water partition coefficient (Wildman–Crippen LogP) is 4.17. The summed E-state index contributed by atoms with van der Waals surface area (Å²) in [4.78, 5) is 0. The van der Waals surface area contributed by atoms with Crippen molar-refractivity contribution in [3.05, 3.63) is 42.0 Å². The van der Waals surface area contributed by atoms with E-state index in [4.69, 9.17) is 9.47 Å². The van der Waals surface area contributed by atoms with Crippen molar-refractivity contribution in [3.63, 3.8) is 0 Å². The zero-order valence-electron chi connectivity index (χ0n) is 13.3. The van der Waals surface area contributed by atoms with E-state index < -0.39 is 0 Å². The molecule has 2 nitrogen and oxygen atoms in total. The first-order chi connectivity index (χ1) is 10.9. The Labute approximate surface area is 136 Å². The Morgan fingerprint density at radius 1 is 1.05 bits per heavy atom. The van der Waals surface area contributed by atoms with Crippen LogP contribution >= 0.6 is 0 Å². The molecule has 0 N–H and O–H groups in total. The van der Waals surface area contributed by atoms with Crippen molar-refractivity contribution in [3.8, 4) is 5.75 Å². The molecule has 0 unspecified atom stereocenters. The summed E-state index contributed by atoms with van der Waals surface area (Å²) in [6.45, 7) is 4.86. The van der Waals surface area contributed by atoms with Gasteiger partial charge in [0.15, 0.2) is 0 Å².